The Bertz CT molecular complexity index is 2370. The van der Waals surface area contributed by atoms with E-state index in [4.69, 9.17) is 0 Å². The summed E-state index contributed by atoms with van der Waals surface area (Å²) in [7, 11) is 1.59. The van der Waals surface area contributed by atoms with Gasteiger partial charge in [0, 0.05) is 35.7 Å². The van der Waals surface area contributed by atoms with E-state index in [2.05, 4.69) is 32.3 Å². The average Bonchev–Trinajstić information content (AvgIpc) is 3.59. The van der Waals surface area contributed by atoms with Gasteiger partial charge in [0.05, 0.1) is 22.6 Å². The van der Waals surface area contributed by atoms with Gasteiger partial charge >= 0.3 is 6.18 Å². The number of aryl methyl sites for hydroxylation is 1. The van der Waals surface area contributed by atoms with E-state index < -0.39 is 82.2 Å². The van der Waals surface area contributed by atoms with Crippen LogP contribution >= 0.6 is 0 Å². The molecule has 3 atom stereocenters. The molecule has 3 N–H and O–H groups in total. The highest BCUT2D eigenvalue weighted by atomic mass is 19.4. The molecule has 0 unspecified atom stereocenters. The van der Waals surface area contributed by atoms with Crippen molar-refractivity contribution < 1.29 is 40.6 Å². The van der Waals surface area contributed by atoms with Crippen molar-refractivity contribution in [3.8, 4) is 23.0 Å². The standard InChI is InChI=1S/C36H29F7N6O3/c1-34(2,52)10-9-20-7-8-21(22-5-4-6-23-30(22)48(3)47-33(23)51)29(44-20)26(13-17-11-18(37)14-19(38)12-17)45-27(50)16-49-32-28(31(46-49)36(41,42)43)24-15-25(24)35(32,39)40/h4-8,11-12,14,24-26,52H,13,15-16H2,1-3H3,(H,45,50)(H,47,51)/t24-,25+,26-/m0/s1. The Hall–Kier alpha value is -5.43. The Kier molecular flexibility index (Phi) is 8.13. The molecule has 2 aliphatic carbocycles. The van der Waals surface area contributed by atoms with Crippen LogP contribution in [-0.4, -0.2) is 41.2 Å². The van der Waals surface area contributed by atoms with Crippen LogP contribution in [0.15, 0.2) is 53.3 Å². The Morgan fingerprint density at radius 2 is 1.83 bits per heavy atom. The van der Waals surface area contributed by atoms with E-state index in [1.807, 2.05) is 0 Å². The Balaban J connectivity index is 1.36. The maximum atomic E-state index is 15.3. The summed E-state index contributed by atoms with van der Waals surface area (Å²) >= 11 is 0. The van der Waals surface area contributed by atoms with Gasteiger partial charge in [-0.1, -0.05) is 18.1 Å². The Morgan fingerprint density at radius 1 is 1.12 bits per heavy atom. The zero-order valence-electron chi connectivity index (χ0n) is 27.7. The third-order valence-corrected chi connectivity index (χ3v) is 9.12. The molecule has 1 amide bonds. The first-order valence-corrected chi connectivity index (χ1v) is 16.1. The van der Waals surface area contributed by atoms with Crippen LogP contribution in [0, 0.1) is 29.4 Å². The number of nitrogens with one attached hydrogen (secondary N) is 2. The van der Waals surface area contributed by atoms with Gasteiger partial charge in [0.1, 0.15) is 35.2 Å². The maximum Gasteiger partial charge on any atom is 0.435 e. The second-order valence-electron chi connectivity index (χ2n) is 13.6. The lowest BCUT2D eigenvalue weighted by molar-refractivity contribution is -0.142. The first kappa shape index (κ1) is 35.0. The molecule has 3 aromatic heterocycles. The minimum atomic E-state index is -5.05. The second-order valence-corrected chi connectivity index (χ2v) is 13.6. The molecule has 2 aromatic carbocycles. The highest BCUT2D eigenvalue weighted by Gasteiger charge is 2.68. The third kappa shape index (κ3) is 6.33. The zero-order chi connectivity index (χ0) is 37.5. The van der Waals surface area contributed by atoms with Crippen LogP contribution in [0.2, 0.25) is 0 Å². The molecule has 2 aliphatic rings. The van der Waals surface area contributed by atoms with Crippen molar-refractivity contribution in [2.24, 2.45) is 13.0 Å². The second kappa shape index (κ2) is 12.1. The number of fused-ring (bicyclic) bond motifs is 4. The molecule has 270 valence electrons. The largest absolute Gasteiger partial charge is 0.435 e. The average molecular weight is 727 g/mol. The highest BCUT2D eigenvalue weighted by molar-refractivity contribution is 5.94. The van der Waals surface area contributed by atoms with Crippen molar-refractivity contribution in [3.05, 3.63) is 104 Å². The number of alkyl halides is 5. The fourth-order valence-electron chi connectivity index (χ4n) is 6.98. The first-order chi connectivity index (χ1) is 24.3. The molecule has 0 spiro atoms. The molecule has 0 aliphatic heterocycles. The number of aromatic amines is 1. The molecule has 1 fully saturated rings. The van der Waals surface area contributed by atoms with Crippen molar-refractivity contribution in [1.29, 1.82) is 0 Å². The number of benzene rings is 2. The lowest BCUT2D eigenvalue weighted by Gasteiger charge is -2.23. The van der Waals surface area contributed by atoms with E-state index in [-0.39, 0.29) is 29.8 Å². The van der Waals surface area contributed by atoms with Crippen LogP contribution in [0.25, 0.3) is 22.0 Å². The van der Waals surface area contributed by atoms with Crippen molar-refractivity contribution in [1.82, 2.24) is 29.9 Å². The molecule has 1 saturated carbocycles. The predicted molar refractivity (Wildman–Crippen MR) is 173 cm³/mol. The molecule has 16 heteroatoms. The maximum absolute atomic E-state index is 15.3. The SMILES string of the molecule is Cn1[nH]c(=O)c2cccc(-c3ccc(C#CC(C)(C)O)nc3[C@H](Cc3cc(F)cc(F)c3)NC(=O)Cn3nc(C(F)(F)F)c4c3C(F)(F)[C@@H]3C[C@H]43)c21. The fraction of sp³-hybridized carbons (Fsp3) is 0.333. The van der Waals surface area contributed by atoms with E-state index in [0.29, 0.717) is 32.8 Å². The van der Waals surface area contributed by atoms with Gasteiger partial charge in [0.25, 0.3) is 11.5 Å². The van der Waals surface area contributed by atoms with Crippen molar-refractivity contribution in [3.63, 3.8) is 0 Å². The number of carbonyl (C=O) groups excluding carboxylic acids is 1. The number of rotatable bonds is 7. The number of nitrogens with zero attached hydrogens (tertiary/aromatic N) is 4. The van der Waals surface area contributed by atoms with Crippen molar-refractivity contribution >= 4 is 16.8 Å². The molecule has 3 heterocycles. The number of amides is 1. The number of hydrogen-bond donors (Lipinski definition) is 3. The molecule has 0 bridgehead atoms. The Morgan fingerprint density at radius 3 is 2.50 bits per heavy atom. The number of H-pyrrole nitrogens is 1. The van der Waals surface area contributed by atoms with E-state index >= 15 is 8.78 Å². The zero-order valence-corrected chi connectivity index (χ0v) is 27.7. The van der Waals surface area contributed by atoms with Gasteiger partial charge in [-0.25, -0.2) is 13.8 Å². The van der Waals surface area contributed by atoms with Crippen LogP contribution < -0.4 is 10.9 Å². The van der Waals surface area contributed by atoms with E-state index in [1.165, 1.54) is 24.6 Å². The fourth-order valence-corrected chi connectivity index (χ4v) is 6.98. The number of carbonyl (C=O) groups is 1. The summed E-state index contributed by atoms with van der Waals surface area (Å²) in [5.74, 6) is -3.55. The summed E-state index contributed by atoms with van der Waals surface area (Å²) in [6.07, 6.45) is -5.52. The van der Waals surface area contributed by atoms with Gasteiger partial charge in [-0.05, 0) is 74.4 Å². The van der Waals surface area contributed by atoms with E-state index in [0.717, 1.165) is 12.1 Å². The number of pyridine rings is 1. The topological polar surface area (TPSA) is 118 Å². The van der Waals surface area contributed by atoms with E-state index in [9.17, 15) is 36.6 Å². The summed E-state index contributed by atoms with van der Waals surface area (Å²) in [6.45, 7) is 1.83. The monoisotopic (exact) mass is 726 g/mol. The normalized spacial score (nSPS) is 18.1. The lowest BCUT2D eigenvalue weighted by atomic mass is 9.93. The van der Waals surface area contributed by atoms with Gasteiger partial charge < -0.3 is 10.4 Å². The summed E-state index contributed by atoms with van der Waals surface area (Å²) < 4.78 is 103. The molecule has 52 heavy (non-hydrogen) atoms. The van der Waals surface area contributed by atoms with Crippen LogP contribution in [0.1, 0.15) is 66.1 Å². The van der Waals surface area contributed by atoms with Gasteiger partial charge in [0.15, 0.2) is 5.69 Å². The van der Waals surface area contributed by atoms with Gasteiger partial charge in [-0.15, -0.1) is 0 Å². The predicted octanol–water partition coefficient (Wildman–Crippen LogP) is 5.85. The minimum Gasteiger partial charge on any atom is -0.378 e. The van der Waals surface area contributed by atoms with Gasteiger partial charge in [0.2, 0.25) is 5.91 Å². The van der Waals surface area contributed by atoms with Crippen LogP contribution in [0.4, 0.5) is 30.7 Å². The lowest BCUT2D eigenvalue weighted by Crippen LogP contribution is -2.35. The molecule has 5 aromatic rings. The smallest absolute Gasteiger partial charge is 0.378 e. The molecule has 7 rings (SSSR count). The first-order valence-electron chi connectivity index (χ1n) is 16.1. The number of halogens is 7. The van der Waals surface area contributed by atoms with Crippen LogP contribution in [0.3, 0.4) is 0 Å². The highest BCUT2D eigenvalue weighted by Crippen LogP contribution is 2.68. The number of aromatic nitrogens is 5. The summed E-state index contributed by atoms with van der Waals surface area (Å²) in [6, 6.07) is 9.31. The summed E-state index contributed by atoms with van der Waals surface area (Å²) in [5.41, 5.74) is -3.52. The van der Waals surface area contributed by atoms with Crippen LogP contribution in [-0.2, 0) is 36.9 Å². The molecule has 0 saturated heterocycles. The molecular formula is C36H29F7N6O3. The van der Waals surface area contributed by atoms with Gasteiger partial charge in [-0.3, -0.25) is 24.1 Å². The number of para-hydroxylation sites is 1. The molecule has 9 nitrogen and oxygen atoms in total. The Labute approximate surface area is 290 Å². The van der Waals surface area contributed by atoms with E-state index in [1.54, 1.807) is 31.3 Å². The molecule has 0 radical (unpaired) electrons. The summed E-state index contributed by atoms with van der Waals surface area (Å²) in [5, 5.41) is 19.3. The van der Waals surface area contributed by atoms with Gasteiger partial charge in [-0.2, -0.15) is 27.1 Å². The minimum absolute atomic E-state index is 0.0433. The quantitative estimate of drug-likeness (QED) is 0.144. The third-order valence-electron chi connectivity index (χ3n) is 9.12. The van der Waals surface area contributed by atoms with Crippen molar-refractivity contribution in [2.45, 2.75) is 62.9 Å². The van der Waals surface area contributed by atoms with Crippen LogP contribution in [0.5, 0.6) is 0 Å². The number of aliphatic hydroxyl groups is 1. The number of hydrogen-bond acceptors (Lipinski definition) is 5. The van der Waals surface area contributed by atoms with Crippen molar-refractivity contribution in [2.75, 3.05) is 0 Å². The molecular weight excluding hydrogens is 697 g/mol. The summed E-state index contributed by atoms with van der Waals surface area (Å²) in [4.78, 5) is 31.1.